The summed E-state index contributed by atoms with van der Waals surface area (Å²) in [4.78, 5) is 16.8. The summed E-state index contributed by atoms with van der Waals surface area (Å²) in [6.45, 7) is 1.33. The average molecular weight is 226 g/mol. The first-order valence-electron chi connectivity index (χ1n) is 4.92. The summed E-state index contributed by atoms with van der Waals surface area (Å²) in [5.41, 5.74) is 0.565. The van der Waals surface area contributed by atoms with Crippen LogP contribution in [-0.4, -0.2) is 29.5 Å². The molecule has 1 aromatic carbocycles. The molecular formula is C11H12ClNO2. The maximum absolute atomic E-state index is 11.6. The number of halogens is 1. The van der Waals surface area contributed by atoms with E-state index < -0.39 is 0 Å². The minimum absolute atomic E-state index is 0.0913. The Hall–Kier alpha value is -1.06. The second-order valence-corrected chi connectivity index (χ2v) is 4.14. The highest BCUT2D eigenvalue weighted by Gasteiger charge is 2.23. The fourth-order valence-corrected chi connectivity index (χ4v) is 1.77. The lowest BCUT2D eigenvalue weighted by Crippen LogP contribution is -2.25. The first-order chi connectivity index (χ1) is 7.25. The van der Waals surface area contributed by atoms with Crippen molar-refractivity contribution in [3.05, 3.63) is 35.9 Å². The normalized spacial score (nSPS) is 21.5. The predicted molar refractivity (Wildman–Crippen MR) is 57.7 cm³/mol. The summed E-state index contributed by atoms with van der Waals surface area (Å²) in [5, 5.41) is 1.71. The average Bonchev–Trinajstić information content (AvgIpc) is 2.65. The molecule has 1 fully saturated rings. The van der Waals surface area contributed by atoms with Crippen molar-refractivity contribution < 1.29 is 9.63 Å². The van der Waals surface area contributed by atoms with E-state index in [9.17, 15) is 4.79 Å². The molecular weight excluding hydrogens is 214 g/mol. The van der Waals surface area contributed by atoms with Crippen LogP contribution in [0.25, 0.3) is 0 Å². The fourth-order valence-electron chi connectivity index (χ4n) is 1.51. The maximum Gasteiger partial charge on any atom is 0.357 e. The Morgan fingerprint density at radius 2 is 2.13 bits per heavy atom. The van der Waals surface area contributed by atoms with Crippen LogP contribution in [0, 0.1) is 0 Å². The van der Waals surface area contributed by atoms with E-state index in [1.54, 1.807) is 17.2 Å². The van der Waals surface area contributed by atoms with Gasteiger partial charge in [0.25, 0.3) is 0 Å². The van der Waals surface area contributed by atoms with Crippen LogP contribution in [-0.2, 0) is 4.84 Å². The number of alkyl halides is 1. The number of carbonyl (C=O) groups is 1. The second kappa shape index (κ2) is 4.64. The third-order valence-corrected chi connectivity index (χ3v) is 2.67. The molecule has 1 atom stereocenters. The lowest BCUT2D eigenvalue weighted by Gasteiger charge is -2.14. The van der Waals surface area contributed by atoms with Crippen molar-refractivity contribution in [2.45, 2.75) is 11.8 Å². The van der Waals surface area contributed by atoms with Gasteiger partial charge in [-0.3, -0.25) is 0 Å². The number of carbonyl (C=O) groups excluding carboxylic acids is 1. The topological polar surface area (TPSA) is 29.5 Å². The largest absolute Gasteiger partial charge is 0.364 e. The summed E-state index contributed by atoms with van der Waals surface area (Å²) in [7, 11) is 0. The summed E-state index contributed by atoms with van der Waals surface area (Å²) in [5.74, 6) is -0.318. The van der Waals surface area contributed by atoms with Crippen LogP contribution in [0.15, 0.2) is 30.3 Å². The van der Waals surface area contributed by atoms with Crippen molar-refractivity contribution in [2.75, 3.05) is 13.1 Å². The number of hydroxylamine groups is 2. The zero-order chi connectivity index (χ0) is 10.7. The SMILES string of the molecule is O=C(ON1CCC(Cl)C1)c1ccccc1. The van der Waals surface area contributed by atoms with Crippen LogP contribution in [0.2, 0.25) is 0 Å². The second-order valence-electron chi connectivity index (χ2n) is 3.52. The summed E-state index contributed by atoms with van der Waals surface area (Å²) in [6, 6.07) is 8.95. The molecule has 0 radical (unpaired) electrons. The van der Waals surface area contributed by atoms with E-state index in [-0.39, 0.29) is 11.3 Å². The maximum atomic E-state index is 11.6. The minimum atomic E-state index is -0.318. The van der Waals surface area contributed by atoms with E-state index in [0.29, 0.717) is 18.7 Å². The molecule has 0 amide bonds. The highest BCUT2D eigenvalue weighted by Crippen LogP contribution is 2.15. The fraction of sp³-hybridized carbons (Fsp3) is 0.364. The Labute approximate surface area is 93.5 Å². The van der Waals surface area contributed by atoms with E-state index in [4.69, 9.17) is 16.4 Å². The molecule has 4 heteroatoms. The molecule has 3 nitrogen and oxygen atoms in total. The molecule has 0 aliphatic carbocycles. The Morgan fingerprint density at radius 1 is 1.40 bits per heavy atom. The summed E-state index contributed by atoms with van der Waals surface area (Å²) >= 11 is 5.90. The molecule has 1 unspecified atom stereocenters. The molecule has 1 heterocycles. The number of rotatable bonds is 2. The van der Waals surface area contributed by atoms with Gasteiger partial charge in [-0.15, -0.1) is 16.7 Å². The number of nitrogens with zero attached hydrogens (tertiary/aromatic N) is 1. The minimum Gasteiger partial charge on any atom is -0.364 e. The molecule has 1 aliphatic heterocycles. The van der Waals surface area contributed by atoms with Crippen LogP contribution in [0.3, 0.4) is 0 Å². The van der Waals surface area contributed by atoms with Crippen molar-refractivity contribution in [3.63, 3.8) is 0 Å². The van der Waals surface area contributed by atoms with Crippen LogP contribution >= 0.6 is 11.6 Å². The first kappa shape index (κ1) is 10.5. The van der Waals surface area contributed by atoms with E-state index in [1.165, 1.54) is 0 Å². The van der Waals surface area contributed by atoms with Crippen LogP contribution in [0.4, 0.5) is 0 Å². The van der Waals surface area contributed by atoms with Gasteiger partial charge < -0.3 is 4.84 Å². The highest BCUT2D eigenvalue weighted by atomic mass is 35.5. The Bertz CT molecular complexity index is 342. The highest BCUT2D eigenvalue weighted by molar-refractivity contribution is 6.20. The third-order valence-electron chi connectivity index (χ3n) is 2.31. The molecule has 0 saturated carbocycles. The predicted octanol–water partition coefficient (Wildman–Crippen LogP) is 2.07. The Kier molecular flexibility index (Phi) is 3.23. The van der Waals surface area contributed by atoms with Gasteiger partial charge in [0, 0.05) is 6.54 Å². The smallest absolute Gasteiger partial charge is 0.357 e. The number of benzene rings is 1. The number of hydrogen-bond donors (Lipinski definition) is 0. The van der Waals surface area contributed by atoms with Gasteiger partial charge in [-0.1, -0.05) is 18.2 Å². The molecule has 15 heavy (non-hydrogen) atoms. The molecule has 0 N–H and O–H groups in total. The van der Waals surface area contributed by atoms with E-state index in [0.717, 1.165) is 6.42 Å². The third kappa shape index (κ3) is 2.70. The molecule has 1 saturated heterocycles. The molecule has 0 bridgehead atoms. The van der Waals surface area contributed by atoms with Crippen molar-refractivity contribution in [1.82, 2.24) is 5.06 Å². The van der Waals surface area contributed by atoms with Gasteiger partial charge >= 0.3 is 5.97 Å². The van der Waals surface area contributed by atoms with Crippen molar-refractivity contribution >= 4 is 17.6 Å². The quantitative estimate of drug-likeness (QED) is 0.722. The van der Waals surface area contributed by atoms with E-state index >= 15 is 0 Å². The van der Waals surface area contributed by atoms with Gasteiger partial charge in [-0.25, -0.2) is 4.79 Å². The molecule has 1 aromatic rings. The van der Waals surface area contributed by atoms with Crippen LogP contribution in [0.1, 0.15) is 16.8 Å². The van der Waals surface area contributed by atoms with Crippen LogP contribution in [0.5, 0.6) is 0 Å². The standard InChI is InChI=1S/C11H12ClNO2/c12-10-6-7-13(8-10)15-11(14)9-4-2-1-3-5-9/h1-5,10H,6-8H2. The summed E-state index contributed by atoms with van der Waals surface area (Å²) in [6.07, 6.45) is 0.865. The lowest BCUT2D eigenvalue weighted by molar-refractivity contribution is -0.0925. The molecule has 0 aromatic heterocycles. The van der Waals surface area contributed by atoms with Crippen LogP contribution < -0.4 is 0 Å². The van der Waals surface area contributed by atoms with Gasteiger partial charge in [-0.2, -0.15) is 0 Å². The molecule has 0 spiro atoms. The van der Waals surface area contributed by atoms with Gasteiger partial charge in [0.1, 0.15) is 0 Å². The zero-order valence-electron chi connectivity index (χ0n) is 8.23. The van der Waals surface area contributed by atoms with Gasteiger partial charge in [0.2, 0.25) is 0 Å². The Balaban J connectivity index is 1.93. The van der Waals surface area contributed by atoms with E-state index in [2.05, 4.69) is 0 Å². The van der Waals surface area contributed by atoms with E-state index in [1.807, 2.05) is 18.2 Å². The number of hydrogen-bond acceptors (Lipinski definition) is 3. The van der Waals surface area contributed by atoms with Gasteiger partial charge in [0.15, 0.2) is 0 Å². The van der Waals surface area contributed by atoms with Gasteiger partial charge in [0.05, 0.1) is 17.5 Å². The van der Waals surface area contributed by atoms with Gasteiger partial charge in [-0.05, 0) is 18.6 Å². The zero-order valence-corrected chi connectivity index (χ0v) is 8.98. The van der Waals surface area contributed by atoms with Crippen molar-refractivity contribution in [1.29, 1.82) is 0 Å². The molecule has 1 aliphatic rings. The summed E-state index contributed by atoms with van der Waals surface area (Å²) < 4.78 is 0. The molecule has 2 rings (SSSR count). The monoisotopic (exact) mass is 225 g/mol. The Morgan fingerprint density at radius 3 is 2.73 bits per heavy atom. The van der Waals surface area contributed by atoms with Crippen molar-refractivity contribution in [3.8, 4) is 0 Å². The molecule has 80 valence electrons. The lowest BCUT2D eigenvalue weighted by atomic mass is 10.2. The van der Waals surface area contributed by atoms with Crippen molar-refractivity contribution in [2.24, 2.45) is 0 Å². The first-order valence-corrected chi connectivity index (χ1v) is 5.36.